The standard InChI is InChI=1S/C23H27N3O5/c1-29-20-7-6-19(14-21(20)30-2)26-15-16(12-22(26)27)23(28)24-17-4-3-5-18(13-17)25-8-10-31-11-9-25/h3-7,13-14,16H,8-12,15H2,1-2H3,(H,24,28). The molecule has 1 N–H and O–H groups in total. The van der Waals surface area contributed by atoms with Gasteiger partial charge in [0.15, 0.2) is 11.5 Å². The second-order valence-electron chi connectivity index (χ2n) is 7.58. The maximum absolute atomic E-state index is 12.9. The number of carbonyl (C=O) groups is 2. The molecule has 0 bridgehead atoms. The normalized spacial score (nSPS) is 18.8. The number of hydrogen-bond acceptors (Lipinski definition) is 6. The summed E-state index contributed by atoms with van der Waals surface area (Å²) in [5, 5.41) is 2.98. The Morgan fingerprint density at radius 2 is 1.81 bits per heavy atom. The van der Waals surface area contributed by atoms with Crippen molar-refractivity contribution in [2.24, 2.45) is 5.92 Å². The minimum atomic E-state index is -0.423. The van der Waals surface area contributed by atoms with Gasteiger partial charge in [0, 0.05) is 49.2 Å². The second-order valence-corrected chi connectivity index (χ2v) is 7.58. The number of carbonyl (C=O) groups excluding carboxylic acids is 2. The maximum Gasteiger partial charge on any atom is 0.229 e. The highest BCUT2D eigenvalue weighted by Gasteiger charge is 2.35. The predicted molar refractivity (Wildman–Crippen MR) is 118 cm³/mol. The van der Waals surface area contributed by atoms with Crippen LogP contribution in [0.3, 0.4) is 0 Å². The van der Waals surface area contributed by atoms with Gasteiger partial charge in [0.25, 0.3) is 0 Å². The van der Waals surface area contributed by atoms with E-state index in [1.165, 1.54) is 0 Å². The molecular weight excluding hydrogens is 398 g/mol. The van der Waals surface area contributed by atoms with E-state index in [0.717, 1.165) is 24.5 Å². The molecule has 31 heavy (non-hydrogen) atoms. The number of morpholine rings is 1. The summed E-state index contributed by atoms with van der Waals surface area (Å²) in [6, 6.07) is 13.1. The van der Waals surface area contributed by atoms with E-state index in [1.807, 2.05) is 24.3 Å². The molecule has 0 saturated carbocycles. The van der Waals surface area contributed by atoms with E-state index in [9.17, 15) is 9.59 Å². The number of rotatable bonds is 6. The van der Waals surface area contributed by atoms with Crippen molar-refractivity contribution in [3.8, 4) is 11.5 Å². The van der Waals surface area contributed by atoms with Crippen molar-refractivity contribution in [3.05, 3.63) is 42.5 Å². The van der Waals surface area contributed by atoms with Crippen LogP contribution in [-0.2, 0) is 14.3 Å². The molecule has 164 valence electrons. The molecule has 0 aromatic heterocycles. The van der Waals surface area contributed by atoms with Crippen molar-refractivity contribution in [2.45, 2.75) is 6.42 Å². The molecule has 2 amide bonds. The van der Waals surface area contributed by atoms with Crippen molar-refractivity contribution < 1.29 is 23.8 Å². The lowest BCUT2D eigenvalue weighted by atomic mass is 10.1. The zero-order chi connectivity index (χ0) is 21.8. The molecule has 8 nitrogen and oxygen atoms in total. The van der Waals surface area contributed by atoms with Gasteiger partial charge in [-0.25, -0.2) is 0 Å². The highest BCUT2D eigenvalue weighted by atomic mass is 16.5. The summed E-state index contributed by atoms with van der Waals surface area (Å²) in [6.07, 6.45) is 0.170. The fourth-order valence-electron chi connectivity index (χ4n) is 3.97. The van der Waals surface area contributed by atoms with Crippen LogP contribution in [0.15, 0.2) is 42.5 Å². The number of nitrogens with zero attached hydrogens (tertiary/aromatic N) is 2. The van der Waals surface area contributed by atoms with Gasteiger partial charge in [-0.3, -0.25) is 9.59 Å². The van der Waals surface area contributed by atoms with Gasteiger partial charge in [-0.1, -0.05) is 6.07 Å². The van der Waals surface area contributed by atoms with Crippen LogP contribution < -0.4 is 24.6 Å². The summed E-state index contributed by atoms with van der Waals surface area (Å²) >= 11 is 0. The lowest BCUT2D eigenvalue weighted by Gasteiger charge is -2.29. The molecule has 0 spiro atoms. The number of nitrogens with one attached hydrogen (secondary N) is 1. The number of anilines is 3. The van der Waals surface area contributed by atoms with E-state index in [0.29, 0.717) is 36.9 Å². The molecule has 2 aliphatic heterocycles. The quantitative estimate of drug-likeness (QED) is 0.766. The van der Waals surface area contributed by atoms with Gasteiger partial charge < -0.3 is 29.3 Å². The van der Waals surface area contributed by atoms with Crippen LogP contribution in [-0.4, -0.2) is 58.9 Å². The first kappa shape index (κ1) is 21.0. The van der Waals surface area contributed by atoms with Crippen molar-refractivity contribution in [2.75, 3.05) is 62.2 Å². The summed E-state index contributed by atoms with van der Waals surface area (Å²) < 4.78 is 16.0. The fraction of sp³-hybridized carbons (Fsp3) is 0.391. The van der Waals surface area contributed by atoms with Gasteiger partial charge in [-0.2, -0.15) is 0 Å². The van der Waals surface area contributed by atoms with Crippen LogP contribution in [0.25, 0.3) is 0 Å². The molecule has 1 atom stereocenters. The van der Waals surface area contributed by atoms with E-state index >= 15 is 0 Å². The minimum Gasteiger partial charge on any atom is -0.493 e. The highest BCUT2D eigenvalue weighted by molar-refractivity contribution is 6.03. The topological polar surface area (TPSA) is 80.3 Å². The Morgan fingerprint density at radius 1 is 1.03 bits per heavy atom. The van der Waals surface area contributed by atoms with E-state index in [-0.39, 0.29) is 18.2 Å². The summed E-state index contributed by atoms with van der Waals surface area (Å²) in [7, 11) is 3.11. The largest absolute Gasteiger partial charge is 0.493 e. The Kier molecular flexibility index (Phi) is 6.27. The summed E-state index contributed by atoms with van der Waals surface area (Å²) in [5.41, 5.74) is 2.47. The monoisotopic (exact) mass is 425 g/mol. The number of ether oxygens (including phenoxy) is 3. The second kappa shape index (κ2) is 9.26. The van der Waals surface area contributed by atoms with Gasteiger partial charge >= 0.3 is 0 Å². The molecule has 2 aromatic carbocycles. The number of benzene rings is 2. The third-order valence-corrected chi connectivity index (χ3v) is 5.66. The molecule has 0 radical (unpaired) electrons. The first-order chi connectivity index (χ1) is 15.1. The van der Waals surface area contributed by atoms with Crippen LogP contribution in [0.2, 0.25) is 0 Å². The van der Waals surface area contributed by atoms with Crippen LogP contribution in [0, 0.1) is 5.92 Å². The van der Waals surface area contributed by atoms with Crippen LogP contribution in [0.5, 0.6) is 11.5 Å². The lowest BCUT2D eigenvalue weighted by Crippen LogP contribution is -2.36. The molecule has 2 aromatic rings. The fourth-order valence-corrected chi connectivity index (χ4v) is 3.97. The zero-order valence-corrected chi connectivity index (χ0v) is 17.8. The highest BCUT2D eigenvalue weighted by Crippen LogP contribution is 2.34. The summed E-state index contributed by atoms with van der Waals surface area (Å²) in [6.45, 7) is 3.38. The Hall–Kier alpha value is -3.26. The van der Waals surface area contributed by atoms with Gasteiger partial charge in [0.2, 0.25) is 11.8 Å². The zero-order valence-electron chi connectivity index (χ0n) is 17.8. The third kappa shape index (κ3) is 4.59. The number of hydrogen-bond donors (Lipinski definition) is 1. The van der Waals surface area contributed by atoms with Crippen molar-refractivity contribution in [3.63, 3.8) is 0 Å². The van der Waals surface area contributed by atoms with Crippen LogP contribution in [0.4, 0.5) is 17.1 Å². The smallest absolute Gasteiger partial charge is 0.229 e. The Labute approximate surface area is 181 Å². The predicted octanol–water partition coefficient (Wildman–Crippen LogP) is 2.53. The maximum atomic E-state index is 12.9. The van der Waals surface area contributed by atoms with Crippen molar-refractivity contribution >= 4 is 28.9 Å². The van der Waals surface area contributed by atoms with Crippen molar-refractivity contribution in [1.29, 1.82) is 0 Å². The number of amides is 2. The Morgan fingerprint density at radius 3 is 2.55 bits per heavy atom. The summed E-state index contributed by atoms with van der Waals surface area (Å²) in [5.74, 6) is 0.463. The molecule has 1 unspecified atom stereocenters. The molecule has 0 aliphatic carbocycles. The van der Waals surface area contributed by atoms with Gasteiger partial charge in [0.05, 0.1) is 33.4 Å². The Balaban J connectivity index is 1.43. The first-order valence-corrected chi connectivity index (χ1v) is 10.3. The molecule has 2 heterocycles. The lowest BCUT2D eigenvalue weighted by molar-refractivity contribution is -0.122. The summed E-state index contributed by atoms with van der Waals surface area (Å²) in [4.78, 5) is 29.3. The van der Waals surface area contributed by atoms with Crippen LogP contribution in [0.1, 0.15) is 6.42 Å². The van der Waals surface area contributed by atoms with E-state index in [4.69, 9.17) is 14.2 Å². The molecule has 8 heteroatoms. The molecule has 2 fully saturated rings. The minimum absolute atomic E-state index is 0.0885. The van der Waals surface area contributed by atoms with E-state index in [1.54, 1.807) is 37.3 Å². The molecule has 2 saturated heterocycles. The first-order valence-electron chi connectivity index (χ1n) is 10.3. The van der Waals surface area contributed by atoms with Gasteiger partial charge in [-0.05, 0) is 30.3 Å². The van der Waals surface area contributed by atoms with Crippen molar-refractivity contribution in [1.82, 2.24) is 0 Å². The van der Waals surface area contributed by atoms with Gasteiger partial charge in [0.1, 0.15) is 0 Å². The third-order valence-electron chi connectivity index (χ3n) is 5.66. The Bertz CT molecular complexity index is 958. The number of methoxy groups -OCH3 is 2. The van der Waals surface area contributed by atoms with Crippen LogP contribution >= 0.6 is 0 Å². The molecular formula is C23H27N3O5. The SMILES string of the molecule is COc1ccc(N2CC(C(=O)Nc3cccc(N4CCOCC4)c3)CC2=O)cc1OC. The van der Waals surface area contributed by atoms with E-state index < -0.39 is 5.92 Å². The molecule has 4 rings (SSSR count). The molecule has 2 aliphatic rings. The average molecular weight is 425 g/mol. The van der Waals surface area contributed by atoms with E-state index in [2.05, 4.69) is 10.2 Å². The average Bonchev–Trinajstić information content (AvgIpc) is 3.21. The van der Waals surface area contributed by atoms with Gasteiger partial charge in [-0.15, -0.1) is 0 Å².